The van der Waals surface area contributed by atoms with Crippen LogP contribution >= 0.6 is 0 Å². The highest BCUT2D eigenvalue weighted by molar-refractivity contribution is 5.75. The number of amides is 2. The van der Waals surface area contributed by atoms with Crippen LogP contribution in [0.1, 0.15) is 43.0 Å². The Morgan fingerprint density at radius 2 is 2.33 bits per heavy atom. The zero-order valence-electron chi connectivity index (χ0n) is 14.0. The first kappa shape index (κ1) is 16.3. The van der Waals surface area contributed by atoms with E-state index < -0.39 is 0 Å². The Morgan fingerprint density at radius 1 is 1.46 bits per heavy atom. The Hall–Kier alpha value is -2.57. The number of hydrogen-bond acceptors (Lipinski definition) is 4. The Morgan fingerprint density at radius 3 is 3.08 bits per heavy atom. The quantitative estimate of drug-likeness (QED) is 0.902. The van der Waals surface area contributed by atoms with Crippen LogP contribution in [0.5, 0.6) is 5.75 Å². The zero-order valence-corrected chi connectivity index (χ0v) is 14.0. The number of carbonyl (C=O) groups excluding carboxylic acids is 1. The minimum Gasteiger partial charge on any atom is -0.495 e. The first-order valence-corrected chi connectivity index (χ1v) is 8.21. The summed E-state index contributed by atoms with van der Waals surface area (Å²) in [4.78, 5) is 18.6. The van der Waals surface area contributed by atoms with Gasteiger partial charge in [0.2, 0.25) is 0 Å². The van der Waals surface area contributed by atoms with Gasteiger partial charge in [0.25, 0.3) is 0 Å². The number of piperidine rings is 1. The topological polar surface area (TPSA) is 83.1 Å². The van der Waals surface area contributed by atoms with Crippen LogP contribution < -0.4 is 10.1 Å². The molecule has 7 nitrogen and oxygen atoms in total. The third-order valence-corrected chi connectivity index (χ3v) is 4.51. The Labute approximate surface area is 141 Å². The minimum absolute atomic E-state index is 0.0504. The summed E-state index contributed by atoms with van der Waals surface area (Å²) < 4.78 is 5.32. The number of methoxy groups -OCH3 is 1. The molecule has 1 aliphatic heterocycles. The van der Waals surface area contributed by atoms with Gasteiger partial charge >= 0.3 is 6.03 Å². The van der Waals surface area contributed by atoms with Crippen LogP contribution in [0.15, 0.2) is 30.7 Å². The fourth-order valence-corrected chi connectivity index (χ4v) is 3.18. The van der Waals surface area contributed by atoms with Crippen molar-refractivity contribution in [3.05, 3.63) is 42.0 Å². The summed E-state index contributed by atoms with van der Waals surface area (Å²) in [5, 5.41) is 10.1. The molecule has 2 atom stereocenters. The van der Waals surface area contributed by atoms with E-state index in [1.165, 1.54) is 0 Å². The van der Waals surface area contributed by atoms with Gasteiger partial charge in [0, 0.05) is 42.7 Å². The summed E-state index contributed by atoms with van der Waals surface area (Å²) in [5.41, 5.74) is 2.01. The molecule has 2 aromatic rings. The molecule has 0 aromatic carbocycles. The molecule has 0 unspecified atom stereocenters. The van der Waals surface area contributed by atoms with Crippen LogP contribution in [0.2, 0.25) is 0 Å². The smallest absolute Gasteiger partial charge is 0.317 e. The molecular formula is C17H23N5O2. The van der Waals surface area contributed by atoms with E-state index in [9.17, 15) is 4.79 Å². The SMILES string of the molecule is COc1cnccc1[C@H](C)NC(=O)N1CCC[C@@H](c2ccn[nH]2)C1. The predicted octanol–water partition coefficient (Wildman–Crippen LogP) is 2.46. The molecule has 7 heteroatoms. The summed E-state index contributed by atoms with van der Waals surface area (Å²) in [5.74, 6) is 0.997. The van der Waals surface area contributed by atoms with Crippen LogP contribution in [0.25, 0.3) is 0 Å². The van der Waals surface area contributed by atoms with E-state index in [1.54, 1.807) is 25.7 Å². The van der Waals surface area contributed by atoms with Crippen molar-refractivity contribution in [1.82, 2.24) is 25.4 Å². The number of likely N-dealkylation sites (tertiary alicyclic amines) is 1. The number of aromatic nitrogens is 3. The number of H-pyrrole nitrogens is 1. The maximum Gasteiger partial charge on any atom is 0.317 e. The molecular weight excluding hydrogens is 306 g/mol. The van der Waals surface area contributed by atoms with Crippen molar-refractivity contribution in [2.75, 3.05) is 20.2 Å². The van der Waals surface area contributed by atoms with Crippen molar-refractivity contribution in [3.8, 4) is 5.75 Å². The highest BCUT2D eigenvalue weighted by atomic mass is 16.5. The Bertz CT molecular complexity index is 673. The number of hydrogen-bond donors (Lipinski definition) is 2. The van der Waals surface area contributed by atoms with Crippen LogP contribution in [0, 0.1) is 0 Å². The lowest BCUT2D eigenvalue weighted by Crippen LogP contribution is -2.45. The highest BCUT2D eigenvalue weighted by Crippen LogP contribution is 2.27. The van der Waals surface area contributed by atoms with Crippen LogP contribution in [0.3, 0.4) is 0 Å². The number of aromatic amines is 1. The van der Waals surface area contributed by atoms with Gasteiger partial charge in [-0.1, -0.05) is 0 Å². The molecule has 128 valence electrons. The molecule has 24 heavy (non-hydrogen) atoms. The predicted molar refractivity (Wildman–Crippen MR) is 89.9 cm³/mol. The molecule has 0 aliphatic carbocycles. The summed E-state index contributed by atoms with van der Waals surface area (Å²) in [7, 11) is 1.61. The van der Waals surface area contributed by atoms with E-state index in [-0.39, 0.29) is 12.1 Å². The van der Waals surface area contributed by atoms with Gasteiger partial charge in [-0.25, -0.2) is 4.79 Å². The Balaban J connectivity index is 1.64. The largest absolute Gasteiger partial charge is 0.495 e. The van der Waals surface area contributed by atoms with Crippen molar-refractivity contribution >= 4 is 6.03 Å². The van der Waals surface area contributed by atoms with Gasteiger partial charge < -0.3 is 15.0 Å². The normalized spacial score (nSPS) is 18.9. The van der Waals surface area contributed by atoms with E-state index >= 15 is 0 Å². The van der Waals surface area contributed by atoms with Crippen LogP contribution in [-0.2, 0) is 0 Å². The molecule has 3 heterocycles. The lowest BCUT2D eigenvalue weighted by molar-refractivity contribution is 0.176. The minimum atomic E-state index is -0.150. The lowest BCUT2D eigenvalue weighted by Gasteiger charge is -2.33. The fourth-order valence-electron chi connectivity index (χ4n) is 3.18. The third kappa shape index (κ3) is 3.50. The number of pyridine rings is 1. The Kier molecular flexibility index (Phi) is 4.98. The van der Waals surface area contributed by atoms with E-state index in [2.05, 4.69) is 20.5 Å². The summed E-state index contributed by atoms with van der Waals surface area (Å²) in [6.45, 7) is 3.43. The first-order chi connectivity index (χ1) is 11.7. The standard InChI is InChI=1S/C17H23N5O2/c1-12(14-5-7-18-10-16(14)24-2)20-17(23)22-9-3-4-13(11-22)15-6-8-19-21-15/h5-8,10,12-13H,3-4,9,11H2,1-2H3,(H,19,21)(H,20,23)/t12-,13+/m0/s1. The molecule has 1 saturated heterocycles. The second kappa shape index (κ2) is 7.33. The van der Waals surface area contributed by atoms with Crippen molar-refractivity contribution in [1.29, 1.82) is 0 Å². The van der Waals surface area contributed by atoms with Crippen molar-refractivity contribution in [2.24, 2.45) is 0 Å². The average Bonchev–Trinajstić information content (AvgIpc) is 3.16. The van der Waals surface area contributed by atoms with Gasteiger partial charge in [0.1, 0.15) is 5.75 Å². The van der Waals surface area contributed by atoms with Crippen LogP contribution in [-0.4, -0.2) is 46.3 Å². The molecule has 1 aliphatic rings. The number of nitrogens with zero attached hydrogens (tertiary/aromatic N) is 3. The number of rotatable bonds is 4. The van der Waals surface area contributed by atoms with Gasteiger partial charge in [-0.15, -0.1) is 0 Å². The second-order valence-electron chi connectivity index (χ2n) is 6.09. The maximum absolute atomic E-state index is 12.6. The molecule has 1 fully saturated rings. The molecule has 0 bridgehead atoms. The molecule has 3 rings (SSSR count). The molecule has 2 aromatic heterocycles. The highest BCUT2D eigenvalue weighted by Gasteiger charge is 2.26. The lowest BCUT2D eigenvalue weighted by atomic mass is 9.95. The molecule has 0 saturated carbocycles. The first-order valence-electron chi connectivity index (χ1n) is 8.21. The van der Waals surface area contributed by atoms with E-state index in [0.717, 1.165) is 30.6 Å². The number of nitrogens with one attached hydrogen (secondary N) is 2. The summed E-state index contributed by atoms with van der Waals surface area (Å²) in [6, 6.07) is 3.65. The van der Waals surface area contributed by atoms with Crippen LogP contribution in [0.4, 0.5) is 4.79 Å². The number of carbonyl (C=O) groups is 1. The third-order valence-electron chi connectivity index (χ3n) is 4.51. The van der Waals surface area contributed by atoms with E-state index in [1.807, 2.05) is 24.0 Å². The summed E-state index contributed by atoms with van der Waals surface area (Å²) in [6.07, 6.45) is 7.18. The molecule has 0 spiro atoms. The molecule has 2 amide bonds. The van der Waals surface area contributed by atoms with Crippen molar-refractivity contribution in [2.45, 2.75) is 31.7 Å². The fraction of sp³-hybridized carbons (Fsp3) is 0.471. The number of urea groups is 1. The maximum atomic E-state index is 12.6. The monoisotopic (exact) mass is 329 g/mol. The average molecular weight is 329 g/mol. The second-order valence-corrected chi connectivity index (χ2v) is 6.09. The summed E-state index contributed by atoms with van der Waals surface area (Å²) >= 11 is 0. The van der Waals surface area contributed by atoms with Gasteiger partial charge in [-0.2, -0.15) is 5.10 Å². The van der Waals surface area contributed by atoms with Gasteiger partial charge in [-0.3, -0.25) is 10.1 Å². The molecule has 2 N–H and O–H groups in total. The zero-order chi connectivity index (χ0) is 16.9. The van der Waals surface area contributed by atoms with Gasteiger partial charge in [-0.05, 0) is 31.9 Å². The van der Waals surface area contributed by atoms with Gasteiger partial charge in [0.15, 0.2) is 0 Å². The molecule has 0 radical (unpaired) electrons. The van der Waals surface area contributed by atoms with Gasteiger partial charge in [0.05, 0.1) is 19.3 Å². The van der Waals surface area contributed by atoms with Crippen molar-refractivity contribution in [3.63, 3.8) is 0 Å². The van der Waals surface area contributed by atoms with E-state index in [0.29, 0.717) is 18.2 Å². The van der Waals surface area contributed by atoms with Crippen molar-refractivity contribution < 1.29 is 9.53 Å². The van der Waals surface area contributed by atoms with E-state index in [4.69, 9.17) is 4.74 Å². The number of ether oxygens (including phenoxy) is 1.